The maximum Gasteiger partial charge on any atom is 0.269 e. The van der Waals surface area contributed by atoms with Gasteiger partial charge in [0, 0.05) is 13.1 Å². The fourth-order valence-electron chi connectivity index (χ4n) is 3.21. The molecule has 128 valence electrons. The number of fused-ring (bicyclic) bond motifs is 1. The molecule has 2 aromatic heterocycles. The Morgan fingerprint density at radius 1 is 1.24 bits per heavy atom. The number of carbonyl (C=O) groups excluding carboxylic acids is 1. The van der Waals surface area contributed by atoms with Crippen LogP contribution in [0.1, 0.15) is 17.7 Å². The number of hydrogen-bond donors (Lipinski definition) is 0. The summed E-state index contributed by atoms with van der Waals surface area (Å²) in [6, 6.07) is 7.47. The Labute approximate surface area is 143 Å². The second kappa shape index (κ2) is 5.80. The minimum absolute atomic E-state index is 0.0178. The number of carbonyl (C=O) groups is 1. The molecular formula is C17H18N6O2. The Balaban J connectivity index is 1.50. The predicted octanol–water partition coefficient (Wildman–Crippen LogP) is 0.688. The SMILES string of the molecule is Cc1nc(C)n(C2CN(C(=O)Cn3c(=O)cnc4ccccc43)C2)n1. The van der Waals surface area contributed by atoms with Gasteiger partial charge in [-0.1, -0.05) is 12.1 Å². The number of amides is 1. The van der Waals surface area contributed by atoms with Crippen molar-refractivity contribution in [1.82, 2.24) is 29.2 Å². The first-order chi connectivity index (χ1) is 12.0. The molecule has 0 radical (unpaired) electrons. The molecule has 8 heteroatoms. The topological polar surface area (TPSA) is 85.9 Å². The molecular weight excluding hydrogens is 320 g/mol. The van der Waals surface area contributed by atoms with Gasteiger partial charge in [0.05, 0.1) is 23.3 Å². The van der Waals surface area contributed by atoms with Crippen LogP contribution in [0.3, 0.4) is 0 Å². The van der Waals surface area contributed by atoms with Crippen LogP contribution in [0.5, 0.6) is 0 Å². The Morgan fingerprint density at radius 2 is 2.00 bits per heavy atom. The number of rotatable bonds is 3. The van der Waals surface area contributed by atoms with Gasteiger partial charge in [-0.25, -0.2) is 14.6 Å². The van der Waals surface area contributed by atoms with Crippen LogP contribution < -0.4 is 5.56 Å². The largest absolute Gasteiger partial charge is 0.337 e. The molecule has 0 saturated carbocycles. The van der Waals surface area contributed by atoms with E-state index in [1.165, 1.54) is 10.8 Å². The maximum atomic E-state index is 12.6. The van der Waals surface area contributed by atoms with Crippen molar-refractivity contribution in [2.24, 2.45) is 0 Å². The van der Waals surface area contributed by atoms with Crippen molar-refractivity contribution in [3.05, 3.63) is 52.5 Å². The average molecular weight is 338 g/mol. The molecule has 0 bridgehead atoms. The van der Waals surface area contributed by atoms with E-state index in [0.717, 1.165) is 11.6 Å². The first kappa shape index (κ1) is 15.5. The summed E-state index contributed by atoms with van der Waals surface area (Å²) in [5, 5.41) is 4.37. The summed E-state index contributed by atoms with van der Waals surface area (Å²) in [4.78, 5) is 34.8. The Morgan fingerprint density at radius 3 is 2.72 bits per heavy atom. The highest BCUT2D eigenvalue weighted by atomic mass is 16.2. The molecule has 3 aromatic rings. The molecule has 1 amide bonds. The third kappa shape index (κ3) is 2.69. The minimum Gasteiger partial charge on any atom is -0.337 e. The number of likely N-dealkylation sites (tertiary alicyclic amines) is 1. The van der Waals surface area contributed by atoms with Gasteiger partial charge in [0.1, 0.15) is 18.2 Å². The Bertz CT molecular complexity index is 1020. The van der Waals surface area contributed by atoms with Crippen LogP contribution in [0.15, 0.2) is 35.3 Å². The van der Waals surface area contributed by atoms with Gasteiger partial charge in [-0.05, 0) is 26.0 Å². The van der Waals surface area contributed by atoms with Crippen molar-refractivity contribution in [3.8, 4) is 0 Å². The molecule has 8 nitrogen and oxygen atoms in total. The highest BCUT2D eigenvalue weighted by Gasteiger charge is 2.33. The summed E-state index contributed by atoms with van der Waals surface area (Å²) in [6.45, 7) is 4.95. The molecule has 25 heavy (non-hydrogen) atoms. The summed E-state index contributed by atoms with van der Waals surface area (Å²) in [5.74, 6) is 1.51. The summed E-state index contributed by atoms with van der Waals surface area (Å²) < 4.78 is 3.34. The lowest BCUT2D eigenvalue weighted by molar-refractivity contribution is -0.137. The normalized spacial score (nSPS) is 14.7. The van der Waals surface area contributed by atoms with Gasteiger partial charge >= 0.3 is 0 Å². The summed E-state index contributed by atoms with van der Waals surface area (Å²) in [7, 11) is 0. The molecule has 3 heterocycles. The first-order valence-corrected chi connectivity index (χ1v) is 8.15. The van der Waals surface area contributed by atoms with Gasteiger partial charge in [0.2, 0.25) is 5.91 Å². The van der Waals surface area contributed by atoms with Crippen LogP contribution in [0.2, 0.25) is 0 Å². The van der Waals surface area contributed by atoms with E-state index < -0.39 is 0 Å². The predicted molar refractivity (Wildman–Crippen MR) is 91.1 cm³/mol. The lowest BCUT2D eigenvalue weighted by Gasteiger charge is -2.39. The molecule has 0 spiro atoms. The quantitative estimate of drug-likeness (QED) is 0.701. The number of para-hydroxylation sites is 2. The Hall–Kier alpha value is -3.03. The highest BCUT2D eigenvalue weighted by Crippen LogP contribution is 2.22. The highest BCUT2D eigenvalue weighted by molar-refractivity contribution is 5.80. The van der Waals surface area contributed by atoms with Crippen molar-refractivity contribution in [2.75, 3.05) is 13.1 Å². The molecule has 1 fully saturated rings. The molecule has 1 aromatic carbocycles. The average Bonchev–Trinajstić information content (AvgIpc) is 2.87. The second-order valence-electron chi connectivity index (χ2n) is 6.27. The van der Waals surface area contributed by atoms with Crippen LogP contribution in [-0.4, -0.2) is 48.2 Å². The molecule has 1 saturated heterocycles. The van der Waals surface area contributed by atoms with Crippen molar-refractivity contribution in [3.63, 3.8) is 0 Å². The molecule has 0 atom stereocenters. The van der Waals surface area contributed by atoms with Gasteiger partial charge in [0.25, 0.3) is 5.56 Å². The van der Waals surface area contributed by atoms with Crippen molar-refractivity contribution in [1.29, 1.82) is 0 Å². The number of aryl methyl sites for hydroxylation is 2. The van der Waals surface area contributed by atoms with Gasteiger partial charge in [0.15, 0.2) is 0 Å². The number of aromatic nitrogens is 5. The zero-order chi connectivity index (χ0) is 17.6. The van der Waals surface area contributed by atoms with Gasteiger partial charge < -0.3 is 4.90 Å². The lowest BCUT2D eigenvalue weighted by Crippen LogP contribution is -2.52. The van der Waals surface area contributed by atoms with Crippen LogP contribution in [-0.2, 0) is 11.3 Å². The van der Waals surface area contributed by atoms with Gasteiger partial charge in [-0.3, -0.25) is 14.2 Å². The standard InChI is InChI=1S/C17H18N6O2/c1-11-19-12(2)23(20-11)13-8-21(9-13)17(25)10-22-15-6-4-3-5-14(15)18-7-16(22)24/h3-7,13H,8-10H2,1-2H3. The van der Waals surface area contributed by atoms with E-state index in [0.29, 0.717) is 24.1 Å². The monoisotopic (exact) mass is 338 g/mol. The van der Waals surface area contributed by atoms with Crippen molar-refractivity contribution >= 4 is 16.9 Å². The summed E-state index contributed by atoms with van der Waals surface area (Å²) in [5.41, 5.74) is 1.10. The van der Waals surface area contributed by atoms with E-state index in [4.69, 9.17) is 0 Å². The zero-order valence-corrected chi connectivity index (χ0v) is 14.1. The third-order valence-electron chi connectivity index (χ3n) is 4.51. The molecule has 1 aliphatic heterocycles. The minimum atomic E-state index is -0.271. The molecule has 0 aliphatic carbocycles. The molecule has 4 rings (SSSR count). The van der Waals surface area contributed by atoms with Crippen LogP contribution >= 0.6 is 0 Å². The molecule has 1 aliphatic rings. The van der Waals surface area contributed by atoms with Crippen LogP contribution in [0, 0.1) is 13.8 Å². The van der Waals surface area contributed by atoms with E-state index in [-0.39, 0.29) is 24.1 Å². The number of hydrogen-bond acceptors (Lipinski definition) is 5. The fraction of sp³-hybridized carbons (Fsp3) is 0.353. The van der Waals surface area contributed by atoms with E-state index in [1.54, 1.807) is 11.0 Å². The first-order valence-electron chi connectivity index (χ1n) is 8.15. The zero-order valence-electron chi connectivity index (χ0n) is 14.1. The molecule has 0 unspecified atom stereocenters. The third-order valence-corrected chi connectivity index (χ3v) is 4.51. The van der Waals surface area contributed by atoms with E-state index in [2.05, 4.69) is 15.1 Å². The second-order valence-corrected chi connectivity index (χ2v) is 6.27. The number of benzene rings is 1. The van der Waals surface area contributed by atoms with Crippen molar-refractivity contribution in [2.45, 2.75) is 26.4 Å². The van der Waals surface area contributed by atoms with E-state index in [9.17, 15) is 9.59 Å². The fourth-order valence-corrected chi connectivity index (χ4v) is 3.21. The van der Waals surface area contributed by atoms with E-state index >= 15 is 0 Å². The van der Waals surface area contributed by atoms with Crippen LogP contribution in [0.25, 0.3) is 11.0 Å². The maximum absolute atomic E-state index is 12.6. The lowest BCUT2D eigenvalue weighted by atomic mass is 10.1. The smallest absolute Gasteiger partial charge is 0.269 e. The Kier molecular flexibility index (Phi) is 3.60. The molecule has 0 N–H and O–H groups in total. The van der Waals surface area contributed by atoms with Gasteiger partial charge in [-0.2, -0.15) is 5.10 Å². The van der Waals surface area contributed by atoms with Crippen LogP contribution in [0.4, 0.5) is 0 Å². The summed E-state index contributed by atoms with van der Waals surface area (Å²) >= 11 is 0. The summed E-state index contributed by atoms with van der Waals surface area (Å²) in [6.07, 6.45) is 1.26. The van der Waals surface area contributed by atoms with Gasteiger partial charge in [-0.15, -0.1) is 0 Å². The number of nitrogens with zero attached hydrogens (tertiary/aromatic N) is 6. The van der Waals surface area contributed by atoms with E-state index in [1.807, 2.05) is 36.7 Å². The van der Waals surface area contributed by atoms with Crippen molar-refractivity contribution < 1.29 is 4.79 Å².